The van der Waals surface area contributed by atoms with E-state index >= 15 is 0 Å². The summed E-state index contributed by atoms with van der Waals surface area (Å²) in [4.78, 5) is 40.4. The second-order valence-corrected chi connectivity index (χ2v) is 8.35. The maximum absolute atomic E-state index is 13.2. The molecule has 1 aromatic carbocycles. The number of amides is 2. The number of piperazine rings is 1. The van der Waals surface area contributed by atoms with Crippen LogP contribution in [0.15, 0.2) is 36.7 Å². The van der Waals surface area contributed by atoms with E-state index in [-0.39, 0.29) is 17.7 Å². The van der Waals surface area contributed by atoms with Crippen molar-refractivity contribution in [1.82, 2.24) is 19.8 Å². The lowest BCUT2D eigenvalue weighted by molar-refractivity contribution is -0.137. The maximum atomic E-state index is 13.2. The average molecular weight is 438 g/mol. The highest BCUT2D eigenvalue weighted by Gasteiger charge is 2.33. The predicted octanol–water partition coefficient (Wildman–Crippen LogP) is 2.38. The number of para-hydroxylation sites is 2. The molecule has 0 bridgehead atoms. The molecule has 2 saturated heterocycles. The Labute approximate surface area is 189 Å². The van der Waals surface area contributed by atoms with E-state index in [1.54, 1.807) is 11.1 Å². The highest BCUT2D eigenvalue weighted by Crippen LogP contribution is 2.29. The number of hydrogen-bond donors (Lipinski definition) is 0. The van der Waals surface area contributed by atoms with Gasteiger partial charge in [-0.25, -0.2) is 4.98 Å². The summed E-state index contributed by atoms with van der Waals surface area (Å²) in [5, 5.41) is 0. The Balaban J connectivity index is 1.35. The van der Waals surface area contributed by atoms with Gasteiger partial charge in [-0.1, -0.05) is 12.1 Å². The summed E-state index contributed by atoms with van der Waals surface area (Å²) in [7, 11) is 0. The minimum atomic E-state index is -0.159. The van der Waals surface area contributed by atoms with Crippen LogP contribution in [0.2, 0.25) is 0 Å². The zero-order valence-electron chi connectivity index (χ0n) is 18.9. The SMILES string of the molecule is CCOc1ccccc1N1CCN(C(=O)C2CCCN(C(=O)c3cnc(C)cn3)C2)CC1. The van der Waals surface area contributed by atoms with Gasteiger partial charge in [0.25, 0.3) is 5.91 Å². The van der Waals surface area contributed by atoms with E-state index in [0.29, 0.717) is 38.5 Å². The van der Waals surface area contributed by atoms with Gasteiger partial charge in [0.1, 0.15) is 11.4 Å². The number of anilines is 1. The number of benzene rings is 1. The Morgan fingerprint density at radius 3 is 2.53 bits per heavy atom. The van der Waals surface area contributed by atoms with Crippen LogP contribution < -0.4 is 9.64 Å². The Hall–Kier alpha value is -3.16. The lowest BCUT2D eigenvalue weighted by Gasteiger charge is -2.40. The van der Waals surface area contributed by atoms with Crippen molar-refractivity contribution in [3.05, 3.63) is 48.0 Å². The van der Waals surface area contributed by atoms with Gasteiger partial charge in [-0.15, -0.1) is 0 Å². The fourth-order valence-electron chi connectivity index (χ4n) is 4.45. The Kier molecular flexibility index (Phi) is 6.87. The molecule has 32 heavy (non-hydrogen) atoms. The van der Waals surface area contributed by atoms with Crippen molar-refractivity contribution in [3.8, 4) is 5.75 Å². The molecule has 1 unspecified atom stereocenters. The number of rotatable bonds is 5. The molecule has 0 spiro atoms. The van der Waals surface area contributed by atoms with Gasteiger partial charge in [-0.3, -0.25) is 14.6 Å². The Morgan fingerprint density at radius 2 is 1.81 bits per heavy atom. The minimum absolute atomic E-state index is 0.146. The maximum Gasteiger partial charge on any atom is 0.274 e. The molecule has 8 nitrogen and oxygen atoms in total. The minimum Gasteiger partial charge on any atom is -0.492 e. The molecule has 0 radical (unpaired) electrons. The van der Waals surface area contributed by atoms with E-state index in [2.05, 4.69) is 20.9 Å². The molecule has 4 rings (SSSR count). The van der Waals surface area contributed by atoms with Crippen molar-refractivity contribution in [2.75, 3.05) is 50.8 Å². The quantitative estimate of drug-likeness (QED) is 0.715. The van der Waals surface area contributed by atoms with E-state index in [4.69, 9.17) is 4.74 Å². The summed E-state index contributed by atoms with van der Waals surface area (Å²) in [5.41, 5.74) is 2.19. The van der Waals surface area contributed by atoms with Gasteiger partial charge >= 0.3 is 0 Å². The number of ether oxygens (including phenoxy) is 1. The number of aryl methyl sites for hydroxylation is 1. The van der Waals surface area contributed by atoms with E-state index in [1.165, 1.54) is 6.20 Å². The van der Waals surface area contributed by atoms with Gasteiger partial charge in [-0.2, -0.15) is 0 Å². The third-order valence-electron chi connectivity index (χ3n) is 6.16. The van der Waals surface area contributed by atoms with Gasteiger partial charge < -0.3 is 19.4 Å². The molecule has 0 aliphatic carbocycles. The zero-order chi connectivity index (χ0) is 22.5. The molecular weight excluding hydrogens is 406 g/mol. The summed E-state index contributed by atoms with van der Waals surface area (Å²) in [6, 6.07) is 8.05. The van der Waals surface area contributed by atoms with E-state index in [0.717, 1.165) is 43.1 Å². The van der Waals surface area contributed by atoms with Crippen molar-refractivity contribution in [2.45, 2.75) is 26.7 Å². The fourth-order valence-corrected chi connectivity index (χ4v) is 4.45. The predicted molar refractivity (Wildman–Crippen MR) is 122 cm³/mol. The Bertz CT molecular complexity index is 941. The number of carbonyl (C=O) groups excluding carboxylic acids is 2. The first-order valence-electron chi connectivity index (χ1n) is 11.4. The first-order valence-corrected chi connectivity index (χ1v) is 11.4. The van der Waals surface area contributed by atoms with E-state index in [9.17, 15) is 9.59 Å². The molecule has 0 saturated carbocycles. The molecular formula is C24H31N5O3. The van der Waals surface area contributed by atoms with Gasteiger partial charge in [0, 0.05) is 45.5 Å². The molecule has 170 valence electrons. The van der Waals surface area contributed by atoms with Crippen molar-refractivity contribution in [3.63, 3.8) is 0 Å². The largest absolute Gasteiger partial charge is 0.492 e. The van der Waals surface area contributed by atoms with Crippen LogP contribution in [0.5, 0.6) is 5.75 Å². The van der Waals surface area contributed by atoms with Crippen LogP contribution in [-0.4, -0.2) is 77.5 Å². The zero-order valence-corrected chi connectivity index (χ0v) is 18.9. The topological polar surface area (TPSA) is 78.9 Å². The third kappa shape index (κ3) is 4.84. The van der Waals surface area contributed by atoms with Crippen LogP contribution in [0.25, 0.3) is 0 Å². The summed E-state index contributed by atoms with van der Waals surface area (Å²) in [6.07, 6.45) is 4.75. The number of nitrogens with zero attached hydrogens (tertiary/aromatic N) is 5. The molecule has 8 heteroatoms. The Morgan fingerprint density at radius 1 is 1.03 bits per heavy atom. The summed E-state index contributed by atoms with van der Waals surface area (Å²) in [5.74, 6) is 0.728. The highest BCUT2D eigenvalue weighted by atomic mass is 16.5. The lowest BCUT2D eigenvalue weighted by atomic mass is 9.96. The monoisotopic (exact) mass is 437 g/mol. The van der Waals surface area contributed by atoms with Crippen LogP contribution in [0.4, 0.5) is 5.69 Å². The normalized spacial score (nSPS) is 19.1. The number of likely N-dealkylation sites (tertiary alicyclic amines) is 1. The fraction of sp³-hybridized carbons (Fsp3) is 0.500. The van der Waals surface area contributed by atoms with Crippen LogP contribution in [0.3, 0.4) is 0 Å². The molecule has 3 heterocycles. The lowest BCUT2D eigenvalue weighted by Crippen LogP contribution is -2.53. The van der Waals surface area contributed by atoms with Crippen LogP contribution >= 0.6 is 0 Å². The second-order valence-electron chi connectivity index (χ2n) is 8.35. The molecule has 0 N–H and O–H groups in total. The second kappa shape index (κ2) is 9.97. The van der Waals surface area contributed by atoms with Crippen LogP contribution in [0.1, 0.15) is 35.9 Å². The number of aromatic nitrogens is 2. The summed E-state index contributed by atoms with van der Waals surface area (Å²) in [6.45, 7) is 8.43. The molecule has 1 aromatic heterocycles. The first-order chi connectivity index (χ1) is 15.6. The number of carbonyl (C=O) groups is 2. The third-order valence-corrected chi connectivity index (χ3v) is 6.16. The number of piperidine rings is 1. The van der Waals surface area contributed by atoms with Crippen molar-refractivity contribution < 1.29 is 14.3 Å². The average Bonchev–Trinajstić information content (AvgIpc) is 2.84. The summed E-state index contributed by atoms with van der Waals surface area (Å²) >= 11 is 0. The van der Waals surface area contributed by atoms with Gasteiger partial charge in [-0.05, 0) is 38.8 Å². The van der Waals surface area contributed by atoms with Gasteiger partial charge in [0.2, 0.25) is 5.91 Å². The van der Waals surface area contributed by atoms with Crippen LogP contribution in [-0.2, 0) is 4.79 Å². The molecule has 2 aliphatic heterocycles. The number of hydrogen-bond acceptors (Lipinski definition) is 6. The molecule has 2 fully saturated rings. The molecule has 2 aromatic rings. The van der Waals surface area contributed by atoms with Crippen molar-refractivity contribution in [1.29, 1.82) is 0 Å². The van der Waals surface area contributed by atoms with Gasteiger partial charge in [0.15, 0.2) is 0 Å². The molecule has 1 atom stereocenters. The summed E-state index contributed by atoms with van der Waals surface area (Å²) < 4.78 is 5.77. The molecule has 2 amide bonds. The smallest absolute Gasteiger partial charge is 0.274 e. The van der Waals surface area contributed by atoms with Crippen molar-refractivity contribution in [2.24, 2.45) is 5.92 Å². The van der Waals surface area contributed by atoms with Gasteiger partial charge in [0.05, 0.1) is 30.1 Å². The standard InChI is InChI=1S/C24H31N5O3/c1-3-32-22-9-5-4-8-21(22)27-11-13-28(14-12-27)23(30)19-7-6-10-29(17-19)24(31)20-16-25-18(2)15-26-20/h4-5,8-9,15-16,19H,3,6-7,10-14,17H2,1-2H3. The van der Waals surface area contributed by atoms with Crippen molar-refractivity contribution >= 4 is 17.5 Å². The molecule has 2 aliphatic rings. The first kappa shape index (κ1) is 22.0. The van der Waals surface area contributed by atoms with E-state index < -0.39 is 0 Å². The van der Waals surface area contributed by atoms with E-state index in [1.807, 2.05) is 36.9 Å². The highest BCUT2D eigenvalue weighted by molar-refractivity contribution is 5.92. The van der Waals surface area contributed by atoms with Crippen LogP contribution in [0, 0.1) is 12.8 Å².